The van der Waals surface area contributed by atoms with Gasteiger partial charge in [-0.15, -0.1) is 0 Å². The molecule has 1 atom stereocenters. The van der Waals surface area contributed by atoms with Crippen LogP contribution in [0.15, 0.2) is 24.3 Å². The summed E-state index contributed by atoms with van der Waals surface area (Å²) >= 11 is 0. The van der Waals surface area contributed by atoms with E-state index >= 15 is 0 Å². The number of hydrogen-bond donors (Lipinski definition) is 4. The van der Waals surface area contributed by atoms with Gasteiger partial charge in [0.25, 0.3) is 0 Å². The first-order valence-electron chi connectivity index (χ1n) is 8.98. The lowest BCUT2D eigenvalue weighted by molar-refractivity contribution is -0.129. The number of aromatic nitrogens is 1. The lowest BCUT2D eigenvalue weighted by Crippen LogP contribution is -2.32. The van der Waals surface area contributed by atoms with Crippen LogP contribution < -0.4 is 10.8 Å². The number of amides is 2. The van der Waals surface area contributed by atoms with Crippen molar-refractivity contribution in [2.45, 2.75) is 44.9 Å². The molecule has 1 heterocycles. The van der Waals surface area contributed by atoms with Gasteiger partial charge in [-0.2, -0.15) is 0 Å². The number of nitrogens with one attached hydrogen (secondary N) is 3. The number of aromatic amines is 1. The van der Waals surface area contributed by atoms with Crippen LogP contribution in [0.4, 0.5) is 0 Å². The SMILES string of the molecule is O=C(CCCCCCNC(=O)C1Cc2[nH]c3ccccc3c2C1)NO. The fourth-order valence-electron chi connectivity index (χ4n) is 3.59. The van der Waals surface area contributed by atoms with Crippen molar-refractivity contribution in [3.05, 3.63) is 35.5 Å². The molecular formula is C19H25N3O3. The molecule has 0 saturated carbocycles. The van der Waals surface area contributed by atoms with Gasteiger partial charge in [0.15, 0.2) is 0 Å². The molecule has 0 radical (unpaired) electrons. The number of carbonyl (C=O) groups is 2. The molecule has 1 aromatic carbocycles. The molecule has 2 aromatic rings. The van der Waals surface area contributed by atoms with E-state index in [0.717, 1.165) is 44.0 Å². The van der Waals surface area contributed by atoms with E-state index in [1.54, 1.807) is 5.48 Å². The van der Waals surface area contributed by atoms with Gasteiger partial charge < -0.3 is 10.3 Å². The monoisotopic (exact) mass is 343 g/mol. The third kappa shape index (κ3) is 4.20. The van der Waals surface area contributed by atoms with E-state index in [2.05, 4.69) is 22.4 Å². The van der Waals surface area contributed by atoms with Gasteiger partial charge in [0.05, 0.1) is 0 Å². The molecule has 0 spiro atoms. The van der Waals surface area contributed by atoms with Gasteiger partial charge in [-0.1, -0.05) is 31.0 Å². The Bertz CT molecular complexity index is 753. The van der Waals surface area contributed by atoms with E-state index in [9.17, 15) is 9.59 Å². The summed E-state index contributed by atoms with van der Waals surface area (Å²) in [6.45, 7) is 0.677. The fourth-order valence-corrected chi connectivity index (χ4v) is 3.59. The van der Waals surface area contributed by atoms with Crippen molar-refractivity contribution < 1.29 is 14.8 Å². The minimum Gasteiger partial charge on any atom is -0.358 e. The minimum atomic E-state index is -0.342. The Morgan fingerprint density at radius 1 is 1.12 bits per heavy atom. The number of benzene rings is 1. The summed E-state index contributed by atoms with van der Waals surface area (Å²) < 4.78 is 0. The van der Waals surface area contributed by atoms with Gasteiger partial charge in [0.1, 0.15) is 0 Å². The van der Waals surface area contributed by atoms with E-state index in [1.807, 2.05) is 12.1 Å². The number of fused-ring (bicyclic) bond motifs is 3. The highest BCUT2D eigenvalue weighted by Gasteiger charge is 2.29. The first-order valence-corrected chi connectivity index (χ1v) is 8.98. The smallest absolute Gasteiger partial charge is 0.243 e. The molecule has 134 valence electrons. The van der Waals surface area contributed by atoms with Gasteiger partial charge in [0.2, 0.25) is 11.8 Å². The molecular weight excluding hydrogens is 318 g/mol. The normalized spacial score (nSPS) is 16.0. The molecule has 6 heteroatoms. The average molecular weight is 343 g/mol. The Kier molecular flexibility index (Phi) is 5.71. The zero-order valence-corrected chi connectivity index (χ0v) is 14.3. The van der Waals surface area contributed by atoms with Gasteiger partial charge in [-0.05, 0) is 37.3 Å². The van der Waals surface area contributed by atoms with Gasteiger partial charge in [-0.3, -0.25) is 14.8 Å². The summed E-state index contributed by atoms with van der Waals surface area (Å²) in [5.41, 5.74) is 5.27. The summed E-state index contributed by atoms with van der Waals surface area (Å²) in [7, 11) is 0. The number of unbranched alkanes of at least 4 members (excludes halogenated alkanes) is 3. The highest BCUT2D eigenvalue weighted by atomic mass is 16.5. The Morgan fingerprint density at radius 2 is 1.92 bits per heavy atom. The van der Waals surface area contributed by atoms with E-state index in [4.69, 9.17) is 5.21 Å². The predicted octanol–water partition coefficient (Wildman–Crippen LogP) is 2.45. The summed E-state index contributed by atoms with van der Waals surface area (Å²) in [5.74, 6) is -0.183. The Balaban J connectivity index is 1.36. The number of carbonyl (C=O) groups excluding carboxylic acids is 2. The standard InChI is InChI=1S/C19H25N3O3/c23-18(22-25)9-3-1-2-6-10-20-19(24)13-11-15-14-7-4-5-8-16(14)21-17(15)12-13/h4-5,7-8,13,21,25H,1-3,6,9-12H2,(H,20,24)(H,22,23). The van der Waals surface area contributed by atoms with Crippen LogP contribution in [0.3, 0.4) is 0 Å². The van der Waals surface area contributed by atoms with E-state index in [-0.39, 0.29) is 17.7 Å². The summed E-state index contributed by atoms with van der Waals surface area (Å²) in [5, 5.41) is 12.7. The highest BCUT2D eigenvalue weighted by molar-refractivity contribution is 5.88. The second-order valence-corrected chi connectivity index (χ2v) is 6.72. The Hall–Kier alpha value is -2.34. The average Bonchev–Trinajstić information content (AvgIpc) is 3.18. The lowest BCUT2D eigenvalue weighted by atomic mass is 10.0. The molecule has 1 aromatic heterocycles. The summed E-state index contributed by atoms with van der Waals surface area (Å²) in [6.07, 6.45) is 5.49. The van der Waals surface area contributed by atoms with Crippen LogP contribution in [0.25, 0.3) is 10.9 Å². The molecule has 0 saturated heterocycles. The maximum Gasteiger partial charge on any atom is 0.243 e. The van der Waals surface area contributed by atoms with Crippen molar-refractivity contribution in [3.8, 4) is 0 Å². The van der Waals surface area contributed by atoms with Crippen molar-refractivity contribution >= 4 is 22.7 Å². The van der Waals surface area contributed by atoms with Gasteiger partial charge >= 0.3 is 0 Å². The maximum absolute atomic E-state index is 12.4. The van der Waals surface area contributed by atoms with Crippen molar-refractivity contribution in [2.24, 2.45) is 5.92 Å². The largest absolute Gasteiger partial charge is 0.358 e. The second kappa shape index (κ2) is 8.16. The first kappa shape index (κ1) is 17.5. The quantitative estimate of drug-likeness (QED) is 0.337. The van der Waals surface area contributed by atoms with E-state index in [0.29, 0.717) is 13.0 Å². The van der Waals surface area contributed by atoms with Crippen LogP contribution in [0, 0.1) is 5.92 Å². The molecule has 1 aliphatic rings. The van der Waals surface area contributed by atoms with Crippen molar-refractivity contribution in [2.75, 3.05) is 6.54 Å². The molecule has 1 aliphatic carbocycles. The van der Waals surface area contributed by atoms with Crippen LogP contribution in [0.2, 0.25) is 0 Å². The van der Waals surface area contributed by atoms with Crippen LogP contribution in [-0.2, 0) is 22.4 Å². The van der Waals surface area contributed by atoms with Crippen LogP contribution in [-0.4, -0.2) is 28.6 Å². The van der Waals surface area contributed by atoms with Crippen molar-refractivity contribution in [3.63, 3.8) is 0 Å². The first-order chi connectivity index (χ1) is 12.2. The molecule has 3 rings (SSSR count). The Labute approximate surface area is 147 Å². The Morgan fingerprint density at radius 3 is 2.76 bits per heavy atom. The maximum atomic E-state index is 12.4. The number of rotatable bonds is 8. The zero-order chi connectivity index (χ0) is 17.6. The van der Waals surface area contributed by atoms with E-state index in [1.165, 1.54) is 16.6 Å². The number of hydrogen-bond acceptors (Lipinski definition) is 3. The van der Waals surface area contributed by atoms with Crippen molar-refractivity contribution in [1.82, 2.24) is 15.8 Å². The molecule has 6 nitrogen and oxygen atoms in total. The minimum absolute atomic E-state index is 0.0270. The van der Waals surface area contributed by atoms with Crippen molar-refractivity contribution in [1.29, 1.82) is 0 Å². The highest BCUT2D eigenvalue weighted by Crippen LogP contribution is 2.32. The molecule has 1 unspecified atom stereocenters. The fraction of sp³-hybridized carbons (Fsp3) is 0.474. The molecule has 0 fully saturated rings. The zero-order valence-electron chi connectivity index (χ0n) is 14.3. The van der Waals surface area contributed by atoms with Gasteiger partial charge in [-0.25, -0.2) is 5.48 Å². The summed E-state index contributed by atoms with van der Waals surface area (Å²) in [6, 6.07) is 8.25. The van der Waals surface area contributed by atoms with Crippen LogP contribution in [0.5, 0.6) is 0 Å². The predicted molar refractivity (Wildman–Crippen MR) is 95.2 cm³/mol. The molecule has 0 aliphatic heterocycles. The third-order valence-electron chi connectivity index (χ3n) is 4.93. The second-order valence-electron chi connectivity index (χ2n) is 6.72. The van der Waals surface area contributed by atoms with Crippen LogP contribution in [0.1, 0.15) is 43.4 Å². The molecule has 2 amide bonds. The third-order valence-corrected chi connectivity index (χ3v) is 4.93. The van der Waals surface area contributed by atoms with Gasteiger partial charge in [0, 0.05) is 35.5 Å². The number of H-pyrrole nitrogens is 1. The number of para-hydroxylation sites is 1. The lowest BCUT2D eigenvalue weighted by Gasteiger charge is -2.10. The van der Waals surface area contributed by atoms with E-state index < -0.39 is 0 Å². The molecule has 0 bridgehead atoms. The molecule has 25 heavy (non-hydrogen) atoms. The topological polar surface area (TPSA) is 94.2 Å². The number of hydroxylamine groups is 1. The van der Waals surface area contributed by atoms with Crippen LogP contribution >= 0.6 is 0 Å². The molecule has 4 N–H and O–H groups in total. The summed E-state index contributed by atoms with van der Waals surface area (Å²) in [4.78, 5) is 26.7.